The van der Waals surface area contributed by atoms with Gasteiger partial charge in [-0.3, -0.25) is 14.9 Å². The van der Waals surface area contributed by atoms with Crippen LogP contribution >= 0.6 is 0 Å². The monoisotopic (exact) mass is 522 g/mol. The van der Waals surface area contributed by atoms with Crippen LogP contribution in [0.4, 0.5) is 4.79 Å². The van der Waals surface area contributed by atoms with Gasteiger partial charge in [-0.2, -0.15) is 0 Å². The van der Waals surface area contributed by atoms with Gasteiger partial charge < -0.3 is 14.3 Å². The molecule has 1 aliphatic heterocycles. The molecule has 0 aromatic heterocycles. The summed E-state index contributed by atoms with van der Waals surface area (Å²) in [5.74, 6) is -3.62. The van der Waals surface area contributed by atoms with Crippen molar-refractivity contribution >= 4 is 26.3 Å². The maximum Gasteiger partial charge on any atom is 0.418 e. The number of rotatable bonds is 7. The molecule has 10 nitrogen and oxygen atoms in total. The quantitative estimate of drug-likeness (QED) is 0.298. The number of nitro groups is 1. The number of ether oxygens (including phenoxy) is 1. The summed E-state index contributed by atoms with van der Waals surface area (Å²) in [5.41, 5.74) is -2.37. The van der Waals surface area contributed by atoms with Crippen LogP contribution in [0.3, 0.4) is 0 Å². The summed E-state index contributed by atoms with van der Waals surface area (Å²) in [6.45, 7) is 16.0. The summed E-state index contributed by atoms with van der Waals surface area (Å²) in [5, 5.41) is 21.5. The summed E-state index contributed by atoms with van der Waals surface area (Å²) >= 11 is 0. The van der Waals surface area contributed by atoms with E-state index in [0.29, 0.717) is 16.2 Å². The molecule has 1 aliphatic rings. The van der Waals surface area contributed by atoms with Gasteiger partial charge in [0.1, 0.15) is 16.9 Å². The number of amides is 2. The minimum Gasteiger partial charge on any atom is -0.544 e. The summed E-state index contributed by atoms with van der Waals surface area (Å²) in [7, 11) is -2.11. The van der Waals surface area contributed by atoms with Gasteiger partial charge >= 0.3 is 12.1 Å². The maximum atomic E-state index is 13.4. The molecule has 11 heteroatoms. The third kappa shape index (κ3) is 6.24. The lowest BCUT2D eigenvalue weighted by molar-refractivity contribution is -0.484. The number of carboxylic acid groups (broad SMARTS) is 1. The number of benzene rings is 1. The Morgan fingerprint density at radius 1 is 1.19 bits per heavy atom. The third-order valence-corrected chi connectivity index (χ3v) is 11.4. The van der Waals surface area contributed by atoms with Crippen molar-refractivity contribution in [3.63, 3.8) is 0 Å². The van der Waals surface area contributed by atoms with Crippen LogP contribution in [0.25, 0.3) is 0 Å². The predicted octanol–water partition coefficient (Wildman–Crippen LogP) is 5.06. The van der Waals surface area contributed by atoms with Crippen molar-refractivity contribution in [2.24, 2.45) is 5.92 Å². The number of likely N-dealkylation sites (tertiary alicyclic amines) is 1. The average Bonchev–Trinajstić information content (AvgIpc) is 2.96. The Balaban J connectivity index is 2.45. The van der Waals surface area contributed by atoms with E-state index in [0.717, 1.165) is 0 Å². The van der Waals surface area contributed by atoms with Gasteiger partial charge in [0.25, 0.3) is 0 Å². The van der Waals surface area contributed by atoms with Crippen molar-refractivity contribution in [2.45, 2.75) is 90.1 Å². The molecule has 0 spiro atoms. The minimum absolute atomic E-state index is 0.0253. The van der Waals surface area contributed by atoms with Gasteiger partial charge in [-0.15, -0.1) is 0 Å². The summed E-state index contributed by atoms with van der Waals surface area (Å²) in [4.78, 5) is 50.1. The highest BCUT2D eigenvalue weighted by molar-refractivity contribution is 6.74. The highest BCUT2D eigenvalue weighted by Crippen LogP contribution is 2.43. The summed E-state index contributed by atoms with van der Waals surface area (Å²) in [6, 6.07) is 6.75. The number of hydrogen-bond acceptors (Lipinski definition) is 7. The number of aliphatic carboxylic acids is 1. The lowest BCUT2D eigenvalue weighted by atomic mass is 9.81. The topological polar surface area (TPSA) is 136 Å². The molecule has 36 heavy (non-hydrogen) atoms. The molecular weight excluding hydrogens is 484 g/mol. The highest BCUT2D eigenvalue weighted by atomic mass is 28.4. The number of carbonyl (C=O) groups is 3. The van der Waals surface area contributed by atoms with Gasteiger partial charge in [0.05, 0.1) is 11.8 Å². The molecule has 1 aromatic rings. The lowest BCUT2D eigenvalue weighted by Crippen LogP contribution is -2.53. The van der Waals surface area contributed by atoms with Crippen LogP contribution < -0.4 is 4.43 Å². The second-order valence-electron chi connectivity index (χ2n) is 12.1. The van der Waals surface area contributed by atoms with Gasteiger partial charge in [-0.25, -0.2) is 14.5 Å². The van der Waals surface area contributed by atoms with E-state index in [2.05, 4.69) is 33.9 Å². The number of nitrogens with zero attached hydrogens (tertiary/aromatic N) is 2. The normalized spacial score (nSPS) is 21.8. The van der Waals surface area contributed by atoms with Crippen molar-refractivity contribution in [3.8, 4) is 5.75 Å². The molecule has 0 bridgehead atoms. The molecule has 2 unspecified atom stereocenters. The van der Waals surface area contributed by atoms with Gasteiger partial charge in [0, 0.05) is 4.92 Å². The zero-order valence-corrected chi connectivity index (χ0v) is 23.6. The number of hydrogen-bond donors (Lipinski definition) is 1. The number of carboxylic acids is 1. The second kappa shape index (κ2) is 9.83. The van der Waals surface area contributed by atoms with Crippen LogP contribution in [0, 0.1) is 16.0 Å². The molecule has 1 aromatic carbocycles. The van der Waals surface area contributed by atoms with Crippen LogP contribution in [-0.4, -0.2) is 58.9 Å². The standard InChI is InChI=1S/C25H38N2O8Si/c1-23(2,3)34-22(31)27-20(28)18(14-25(27,7)21(29)30)19(15-26(32)33)16-10-12-17(13-11-16)35-36(8,9)24(4,5)6/h10-13,18-19H,14-15H2,1-9H3,(H,29,30)/t18?,19?,25-/m0/s1. The molecule has 0 saturated carbocycles. The van der Waals surface area contributed by atoms with Crippen molar-refractivity contribution in [3.05, 3.63) is 39.9 Å². The Morgan fingerprint density at radius 2 is 1.72 bits per heavy atom. The van der Waals surface area contributed by atoms with Gasteiger partial charge in [0.2, 0.25) is 20.8 Å². The molecule has 1 fully saturated rings. The Labute approximate surface area is 213 Å². The van der Waals surface area contributed by atoms with Crippen molar-refractivity contribution in [1.29, 1.82) is 0 Å². The lowest BCUT2D eigenvalue weighted by Gasteiger charge is -2.36. The second-order valence-corrected chi connectivity index (χ2v) is 16.8. The zero-order valence-electron chi connectivity index (χ0n) is 22.6. The largest absolute Gasteiger partial charge is 0.544 e. The number of imide groups is 1. The fourth-order valence-electron chi connectivity index (χ4n) is 3.97. The Bertz CT molecular complexity index is 1030. The average molecular weight is 523 g/mol. The molecule has 1 saturated heterocycles. The molecule has 2 amide bonds. The third-order valence-electron chi connectivity index (χ3n) is 7.00. The van der Waals surface area contributed by atoms with E-state index in [9.17, 15) is 29.6 Å². The molecular formula is C25H38N2O8Si. The van der Waals surface area contributed by atoms with E-state index < -0.39 is 60.7 Å². The predicted molar refractivity (Wildman–Crippen MR) is 136 cm³/mol. The molecule has 2 rings (SSSR count). The first-order chi connectivity index (χ1) is 16.2. The minimum atomic E-state index is -2.11. The van der Waals surface area contributed by atoms with E-state index in [1.807, 2.05) is 0 Å². The van der Waals surface area contributed by atoms with E-state index in [-0.39, 0.29) is 11.5 Å². The smallest absolute Gasteiger partial charge is 0.418 e. The molecule has 0 aliphatic carbocycles. The molecule has 1 N–H and O–H groups in total. The Hall–Kier alpha value is -2.95. The first-order valence-electron chi connectivity index (χ1n) is 11.9. The van der Waals surface area contributed by atoms with Crippen LogP contribution in [-0.2, 0) is 14.3 Å². The Morgan fingerprint density at radius 3 is 2.14 bits per heavy atom. The molecule has 0 radical (unpaired) electrons. The highest BCUT2D eigenvalue weighted by Gasteiger charge is 2.59. The van der Waals surface area contributed by atoms with Crippen molar-refractivity contribution in [1.82, 2.24) is 4.90 Å². The molecule has 3 atom stereocenters. The van der Waals surface area contributed by atoms with Crippen LogP contribution in [0.15, 0.2) is 24.3 Å². The van der Waals surface area contributed by atoms with Crippen molar-refractivity contribution < 1.29 is 33.6 Å². The van der Waals surface area contributed by atoms with Gasteiger partial charge in [-0.05, 0) is 69.9 Å². The van der Waals surface area contributed by atoms with E-state index in [4.69, 9.17) is 9.16 Å². The Kier molecular flexibility index (Phi) is 8.00. The molecule has 200 valence electrons. The van der Waals surface area contributed by atoms with E-state index in [1.165, 1.54) is 6.92 Å². The van der Waals surface area contributed by atoms with E-state index in [1.54, 1.807) is 45.0 Å². The van der Waals surface area contributed by atoms with Crippen LogP contribution in [0.5, 0.6) is 5.75 Å². The zero-order chi connectivity index (χ0) is 27.9. The summed E-state index contributed by atoms with van der Waals surface area (Å²) < 4.78 is 11.6. The fourth-order valence-corrected chi connectivity index (χ4v) is 5.00. The maximum absolute atomic E-state index is 13.4. The first-order valence-corrected chi connectivity index (χ1v) is 14.8. The first kappa shape index (κ1) is 29.3. The van der Waals surface area contributed by atoms with Crippen LogP contribution in [0.2, 0.25) is 18.1 Å². The van der Waals surface area contributed by atoms with Gasteiger partial charge in [-0.1, -0.05) is 32.9 Å². The SMILES string of the molecule is CC(C)(C)OC(=O)N1C(=O)C(C(C[N+](=O)[O-])c2ccc(O[Si](C)(C)C(C)(C)C)cc2)C[C@@]1(C)C(=O)O. The van der Waals surface area contributed by atoms with Crippen molar-refractivity contribution in [2.75, 3.05) is 6.54 Å². The number of carbonyl (C=O) groups excluding carboxylic acids is 2. The van der Waals surface area contributed by atoms with E-state index >= 15 is 0 Å². The summed E-state index contributed by atoms with van der Waals surface area (Å²) in [6.07, 6.45) is -1.36. The molecule has 1 heterocycles. The van der Waals surface area contributed by atoms with Crippen LogP contribution in [0.1, 0.15) is 66.4 Å². The fraction of sp³-hybridized carbons (Fsp3) is 0.640. The van der Waals surface area contributed by atoms with Gasteiger partial charge in [0.15, 0.2) is 0 Å².